The zero-order valence-corrected chi connectivity index (χ0v) is 8.05. The van der Waals surface area contributed by atoms with Crippen molar-refractivity contribution in [1.82, 2.24) is 0 Å². The Labute approximate surface area is 74.6 Å². The highest BCUT2D eigenvalue weighted by molar-refractivity contribution is 5.01. The van der Waals surface area contributed by atoms with Crippen LogP contribution in [0.2, 0.25) is 0 Å². The van der Waals surface area contributed by atoms with Crippen LogP contribution in [-0.2, 0) is 0 Å². The van der Waals surface area contributed by atoms with Crippen molar-refractivity contribution >= 4 is 0 Å². The van der Waals surface area contributed by atoms with Gasteiger partial charge in [-0.15, -0.1) is 12.8 Å². The van der Waals surface area contributed by atoms with Gasteiger partial charge < -0.3 is 10.2 Å². The normalized spacial score (nSPS) is 10.3. The molecular weight excluding hydrogens is 152 g/mol. The minimum absolute atomic E-state index is 0.931. The molecule has 0 aliphatic carbocycles. The van der Waals surface area contributed by atoms with Gasteiger partial charge in [-0.25, -0.2) is 0 Å². The molecule has 2 heteroatoms. The van der Waals surface area contributed by atoms with Crippen LogP contribution < -0.4 is 0 Å². The highest BCUT2D eigenvalue weighted by Crippen LogP contribution is 1.94. The number of terminal acetylenes is 2. The van der Waals surface area contributed by atoms with Gasteiger partial charge in [-0.1, -0.05) is 11.8 Å². The second-order valence-electron chi connectivity index (χ2n) is 3.41. The molecule has 0 rings (SSSR count). The fraction of sp³-hybridized carbons (Fsp3) is 0.600. The molecule has 0 aromatic heterocycles. The smallest absolute Gasteiger partial charge is 0.119 e. The van der Waals surface area contributed by atoms with Crippen LogP contribution in [0.5, 0.6) is 0 Å². The second kappa shape index (κ2) is 4.83. The predicted molar refractivity (Wildman–Crippen MR) is 50.3 cm³/mol. The van der Waals surface area contributed by atoms with Crippen LogP contribution in [0.15, 0.2) is 0 Å². The predicted octanol–water partition coefficient (Wildman–Crippen LogP) is 0.781. The summed E-state index contributed by atoms with van der Waals surface area (Å²) in [5, 5.41) is 17.2. The summed E-state index contributed by atoms with van der Waals surface area (Å²) in [5.41, 5.74) is -1.86. The monoisotopic (exact) mass is 168 g/mol. The Morgan fingerprint density at radius 2 is 0.917 bits per heavy atom. The van der Waals surface area contributed by atoms with Crippen LogP contribution in [0.4, 0.5) is 0 Å². The van der Waals surface area contributed by atoms with Gasteiger partial charge in [0.1, 0.15) is 11.2 Å². The van der Waals surface area contributed by atoms with E-state index in [-0.39, 0.29) is 0 Å². The van der Waals surface area contributed by atoms with E-state index in [2.05, 4.69) is 11.8 Å². The molecule has 0 saturated heterocycles. The maximum atomic E-state index is 8.59. The standard InChI is InChI=1S/2C5H8O/c2*1-4-5(2,3)6/h2*1,6H,2-3H3. The molecule has 0 spiro atoms. The first-order chi connectivity index (χ1) is 5.12. The summed E-state index contributed by atoms with van der Waals surface area (Å²) in [6.07, 6.45) is 9.61. The fourth-order valence-electron chi connectivity index (χ4n) is 0. The van der Waals surface area contributed by atoms with Crippen LogP contribution in [0.25, 0.3) is 0 Å². The Bertz CT molecular complexity index is 166. The Hall–Kier alpha value is -0.960. The van der Waals surface area contributed by atoms with Gasteiger partial charge in [0.15, 0.2) is 0 Å². The third-order valence-electron chi connectivity index (χ3n) is 0.706. The summed E-state index contributed by atoms with van der Waals surface area (Å²) >= 11 is 0. The first-order valence-electron chi connectivity index (χ1n) is 3.52. The van der Waals surface area contributed by atoms with Crippen molar-refractivity contribution in [1.29, 1.82) is 0 Å². The minimum Gasteiger partial charge on any atom is -0.378 e. The van der Waals surface area contributed by atoms with E-state index in [1.165, 1.54) is 0 Å². The van der Waals surface area contributed by atoms with Crippen LogP contribution in [-0.4, -0.2) is 21.4 Å². The zero-order valence-electron chi connectivity index (χ0n) is 8.05. The summed E-state index contributed by atoms with van der Waals surface area (Å²) in [6, 6.07) is 0. The molecule has 0 aliphatic heterocycles. The number of hydrogen-bond donors (Lipinski definition) is 2. The number of aliphatic hydroxyl groups is 2. The number of rotatable bonds is 0. The molecule has 0 aromatic carbocycles. The Kier molecular flexibility index (Phi) is 5.48. The van der Waals surface area contributed by atoms with E-state index in [1.807, 2.05) is 0 Å². The van der Waals surface area contributed by atoms with Crippen LogP contribution in [0.3, 0.4) is 0 Å². The van der Waals surface area contributed by atoms with E-state index in [9.17, 15) is 0 Å². The minimum atomic E-state index is -0.931. The molecule has 0 unspecified atom stereocenters. The van der Waals surface area contributed by atoms with Gasteiger partial charge in [0.25, 0.3) is 0 Å². The molecule has 0 bridgehead atoms. The van der Waals surface area contributed by atoms with Crippen molar-refractivity contribution in [2.24, 2.45) is 0 Å². The van der Waals surface area contributed by atoms with Crippen molar-refractivity contribution in [2.75, 3.05) is 0 Å². The molecule has 0 heterocycles. The molecule has 0 radical (unpaired) electrons. The van der Waals surface area contributed by atoms with Gasteiger partial charge in [0.05, 0.1) is 0 Å². The van der Waals surface area contributed by atoms with Crippen LogP contribution in [0.1, 0.15) is 27.7 Å². The molecule has 0 saturated carbocycles. The summed E-state index contributed by atoms with van der Waals surface area (Å²) in [7, 11) is 0. The summed E-state index contributed by atoms with van der Waals surface area (Å²) < 4.78 is 0. The van der Waals surface area contributed by atoms with E-state index in [0.717, 1.165) is 0 Å². The van der Waals surface area contributed by atoms with E-state index in [1.54, 1.807) is 27.7 Å². The molecule has 0 aromatic rings. The SMILES string of the molecule is C#CC(C)(C)O.C#CC(C)(C)O. The van der Waals surface area contributed by atoms with Crippen LogP contribution >= 0.6 is 0 Å². The Balaban J connectivity index is 0. The van der Waals surface area contributed by atoms with E-state index in [0.29, 0.717) is 0 Å². The van der Waals surface area contributed by atoms with Gasteiger partial charge in [-0.2, -0.15) is 0 Å². The zero-order chi connectivity index (χ0) is 10.4. The Morgan fingerprint density at radius 1 is 0.833 bits per heavy atom. The van der Waals surface area contributed by atoms with Crippen molar-refractivity contribution < 1.29 is 10.2 Å². The molecule has 2 N–H and O–H groups in total. The van der Waals surface area contributed by atoms with Crippen molar-refractivity contribution in [3.8, 4) is 24.7 Å². The molecule has 0 atom stereocenters. The maximum Gasteiger partial charge on any atom is 0.119 e. The maximum absolute atomic E-state index is 8.59. The molecular formula is C10H16O2. The lowest BCUT2D eigenvalue weighted by Gasteiger charge is -2.04. The lowest BCUT2D eigenvalue weighted by Crippen LogP contribution is -2.13. The molecule has 68 valence electrons. The molecule has 0 amide bonds. The molecule has 2 nitrogen and oxygen atoms in total. The van der Waals surface area contributed by atoms with Gasteiger partial charge in [0, 0.05) is 0 Å². The molecule has 0 aliphatic rings. The van der Waals surface area contributed by atoms with Gasteiger partial charge in [-0.3, -0.25) is 0 Å². The first-order valence-corrected chi connectivity index (χ1v) is 3.52. The first kappa shape index (κ1) is 13.6. The highest BCUT2D eigenvalue weighted by atomic mass is 16.3. The molecule has 12 heavy (non-hydrogen) atoms. The van der Waals surface area contributed by atoms with Gasteiger partial charge in [-0.05, 0) is 27.7 Å². The average Bonchev–Trinajstić information content (AvgIpc) is 1.86. The average molecular weight is 168 g/mol. The summed E-state index contributed by atoms with van der Waals surface area (Å²) in [4.78, 5) is 0. The van der Waals surface area contributed by atoms with E-state index < -0.39 is 11.2 Å². The van der Waals surface area contributed by atoms with E-state index in [4.69, 9.17) is 23.1 Å². The fourth-order valence-corrected chi connectivity index (χ4v) is 0. The third kappa shape index (κ3) is 23.0. The largest absolute Gasteiger partial charge is 0.378 e. The van der Waals surface area contributed by atoms with Gasteiger partial charge in [0.2, 0.25) is 0 Å². The van der Waals surface area contributed by atoms with Crippen LogP contribution in [0, 0.1) is 24.7 Å². The Morgan fingerprint density at radius 3 is 0.917 bits per heavy atom. The molecule has 0 fully saturated rings. The van der Waals surface area contributed by atoms with Crippen molar-refractivity contribution in [2.45, 2.75) is 38.9 Å². The lowest BCUT2D eigenvalue weighted by molar-refractivity contribution is 0.143. The lowest BCUT2D eigenvalue weighted by atomic mass is 10.2. The quantitative estimate of drug-likeness (QED) is 0.525. The third-order valence-corrected chi connectivity index (χ3v) is 0.706. The topological polar surface area (TPSA) is 40.5 Å². The second-order valence-corrected chi connectivity index (χ2v) is 3.41. The van der Waals surface area contributed by atoms with E-state index >= 15 is 0 Å². The van der Waals surface area contributed by atoms with Crippen molar-refractivity contribution in [3.05, 3.63) is 0 Å². The van der Waals surface area contributed by atoms with Crippen molar-refractivity contribution in [3.63, 3.8) is 0 Å². The number of hydrogen-bond acceptors (Lipinski definition) is 2. The summed E-state index contributed by atoms with van der Waals surface area (Å²) in [5.74, 6) is 4.32. The van der Waals surface area contributed by atoms with Gasteiger partial charge >= 0.3 is 0 Å². The highest BCUT2D eigenvalue weighted by Gasteiger charge is 2.03. The summed E-state index contributed by atoms with van der Waals surface area (Å²) in [6.45, 7) is 6.25.